The van der Waals surface area contributed by atoms with Gasteiger partial charge in [-0.2, -0.15) is 4.89 Å². The monoisotopic (exact) mass is 220 g/mol. The van der Waals surface area contributed by atoms with Crippen LogP contribution in [-0.4, -0.2) is 17.6 Å². The lowest BCUT2D eigenvalue weighted by Gasteiger charge is -1.99. The van der Waals surface area contributed by atoms with E-state index in [2.05, 4.69) is 0 Å². The van der Waals surface area contributed by atoms with Gasteiger partial charge in [0.25, 0.3) is 0 Å². The zero-order chi connectivity index (χ0) is 10.6. The molecule has 0 fully saturated rings. The minimum atomic E-state index is -1.90. The maximum atomic E-state index is 10.3. The highest BCUT2D eigenvalue weighted by Gasteiger charge is 2.07. The Bertz CT molecular complexity index is 142. The molecule has 0 saturated heterocycles. The van der Waals surface area contributed by atoms with Crippen molar-refractivity contribution in [3.05, 3.63) is 0 Å². The van der Waals surface area contributed by atoms with Crippen LogP contribution >= 0.6 is 8.03 Å². The zero-order valence-electron chi connectivity index (χ0n) is 8.95. The van der Waals surface area contributed by atoms with E-state index in [0.717, 1.165) is 25.8 Å². The molecule has 0 bridgehead atoms. The summed E-state index contributed by atoms with van der Waals surface area (Å²) in [4.78, 5) is 8.55. The maximum Gasteiger partial charge on any atom is 0.505 e. The van der Waals surface area contributed by atoms with Crippen molar-refractivity contribution >= 4 is 8.03 Å². The van der Waals surface area contributed by atoms with E-state index < -0.39 is 8.03 Å². The molecule has 0 radical (unpaired) electrons. The third-order valence-electron chi connectivity index (χ3n) is 2.30. The van der Waals surface area contributed by atoms with E-state index in [1.807, 2.05) is 0 Å². The van der Waals surface area contributed by atoms with Crippen molar-refractivity contribution in [2.45, 2.75) is 51.4 Å². The molecule has 1 atom stereocenters. The molecule has 14 heavy (non-hydrogen) atoms. The first-order chi connectivity index (χ1) is 6.77. The van der Waals surface area contributed by atoms with Gasteiger partial charge in [0.15, 0.2) is 6.16 Å². The van der Waals surface area contributed by atoms with Crippen LogP contribution in [-0.2, 0) is 4.57 Å². The first-order valence-corrected chi connectivity index (χ1v) is 7.00. The molecule has 1 unspecified atom stereocenters. The molecule has 3 N–H and O–H groups in total. The van der Waals surface area contributed by atoms with Crippen LogP contribution in [0.3, 0.4) is 0 Å². The summed E-state index contributed by atoms with van der Waals surface area (Å²) in [6, 6.07) is 0. The molecule has 0 aromatic heterocycles. The predicted molar refractivity (Wildman–Crippen MR) is 60.7 cm³/mol. The fraction of sp³-hybridized carbons (Fsp3) is 1.00. The number of unbranched alkanes of at least 4 members (excludes halogenated alkanes) is 7. The summed E-state index contributed by atoms with van der Waals surface area (Å²) in [5.74, 6) is 0. The molecule has 0 amide bonds. The van der Waals surface area contributed by atoms with Crippen LogP contribution in [0.25, 0.3) is 0 Å². The number of rotatable bonds is 10. The van der Waals surface area contributed by atoms with Gasteiger partial charge >= 0.3 is 8.03 Å². The molecule has 0 heterocycles. The van der Waals surface area contributed by atoms with E-state index in [9.17, 15) is 4.57 Å². The molecule has 0 aliphatic rings. The highest BCUT2D eigenvalue weighted by molar-refractivity contribution is 7.37. The summed E-state index contributed by atoms with van der Waals surface area (Å²) in [5, 5.41) is 0. The van der Waals surface area contributed by atoms with Crippen molar-refractivity contribution in [1.29, 1.82) is 0 Å². The SMILES string of the molecule is NCCCCCCCCCC[P+](=O)O. The first-order valence-electron chi connectivity index (χ1n) is 5.61. The molecule has 0 aromatic carbocycles. The van der Waals surface area contributed by atoms with E-state index in [4.69, 9.17) is 10.6 Å². The molecule has 0 spiro atoms. The van der Waals surface area contributed by atoms with Gasteiger partial charge in [0, 0.05) is 0 Å². The lowest BCUT2D eigenvalue weighted by molar-refractivity contribution is 0.498. The van der Waals surface area contributed by atoms with Crippen LogP contribution in [0.2, 0.25) is 0 Å². The number of hydrogen-bond donors (Lipinski definition) is 2. The molecule has 0 aliphatic carbocycles. The summed E-state index contributed by atoms with van der Waals surface area (Å²) in [7, 11) is -1.90. The molecule has 0 aromatic rings. The molecular formula is C10H23NO2P+. The molecule has 4 heteroatoms. The van der Waals surface area contributed by atoms with Gasteiger partial charge in [0.1, 0.15) is 0 Å². The van der Waals surface area contributed by atoms with Gasteiger partial charge in [-0.15, -0.1) is 0 Å². The molecule has 0 rings (SSSR count). The van der Waals surface area contributed by atoms with Gasteiger partial charge in [0.2, 0.25) is 0 Å². The van der Waals surface area contributed by atoms with E-state index in [-0.39, 0.29) is 0 Å². The Kier molecular flexibility index (Phi) is 11.1. The Morgan fingerprint density at radius 3 is 1.71 bits per heavy atom. The minimum Gasteiger partial charge on any atom is -0.330 e. The van der Waals surface area contributed by atoms with Crippen LogP contribution in [0.15, 0.2) is 0 Å². The van der Waals surface area contributed by atoms with Gasteiger partial charge in [0.05, 0.1) is 0 Å². The second-order valence-corrected chi connectivity index (χ2v) is 4.84. The second-order valence-electron chi connectivity index (χ2n) is 3.69. The van der Waals surface area contributed by atoms with Gasteiger partial charge in [-0.1, -0.05) is 32.1 Å². The van der Waals surface area contributed by atoms with Gasteiger partial charge in [-0.05, 0) is 30.4 Å². The third-order valence-corrected chi connectivity index (χ3v) is 3.00. The average molecular weight is 220 g/mol. The Morgan fingerprint density at radius 2 is 1.29 bits per heavy atom. The Balaban J connectivity index is 2.88. The van der Waals surface area contributed by atoms with E-state index in [1.165, 1.54) is 32.1 Å². The maximum absolute atomic E-state index is 10.3. The van der Waals surface area contributed by atoms with Crippen molar-refractivity contribution in [3.8, 4) is 0 Å². The lowest BCUT2D eigenvalue weighted by Crippen LogP contribution is -1.97. The quantitative estimate of drug-likeness (QED) is 0.439. The van der Waals surface area contributed by atoms with Gasteiger partial charge < -0.3 is 5.73 Å². The van der Waals surface area contributed by atoms with Crippen molar-refractivity contribution in [2.24, 2.45) is 5.73 Å². The van der Waals surface area contributed by atoms with Crippen LogP contribution in [0, 0.1) is 0 Å². The summed E-state index contributed by atoms with van der Waals surface area (Å²) >= 11 is 0. The van der Waals surface area contributed by atoms with E-state index >= 15 is 0 Å². The van der Waals surface area contributed by atoms with Crippen molar-refractivity contribution in [3.63, 3.8) is 0 Å². The van der Waals surface area contributed by atoms with Crippen molar-refractivity contribution in [2.75, 3.05) is 12.7 Å². The number of nitrogens with two attached hydrogens (primary N) is 1. The smallest absolute Gasteiger partial charge is 0.330 e. The lowest BCUT2D eigenvalue weighted by atomic mass is 10.1. The fourth-order valence-corrected chi connectivity index (χ4v) is 1.95. The third kappa shape index (κ3) is 12.0. The van der Waals surface area contributed by atoms with Gasteiger partial charge in [-0.25, -0.2) is 0 Å². The van der Waals surface area contributed by atoms with Crippen LogP contribution in [0.5, 0.6) is 0 Å². The average Bonchev–Trinajstić information content (AvgIpc) is 2.15. The second kappa shape index (κ2) is 11.1. The first kappa shape index (κ1) is 14.0. The number of hydrogen-bond acceptors (Lipinski definition) is 2. The molecule has 0 saturated carbocycles. The van der Waals surface area contributed by atoms with Gasteiger partial charge in [-0.3, -0.25) is 0 Å². The largest absolute Gasteiger partial charge is 0.505 e. The highest BCUT2D eigenvalue weighted by atomic mass is 31.1. The molecule has 3 nitrogen and oxygen atoms in total. The van der Waals surface area contributed by atoms with E-state index in [1.54, 1.807) is 0 Å². The Labute approximate surface area is 87.9 Å². The predicted octanol–water partition coefficient (Wildman–Crippen LogP) is 2.80. The Hall–Kier alpha value is 0.0200. The fourth-order valence-electron chi connectivity index (χ4n) is 1.45. The van der Waals surface area contributed by atoms with E-state index in [0.29, 0.717) is 6.16 Å². The minimum absolute atomic E-state index is 0.475. The summed E-state index contributed by atoms with van der Waals surface area (Å²) in [6.45, 7) is 0.809. The normalized spacial score (nSPS) is 11.7. The molecule has 0 aliphatic heterocycles. The zero-order valence-corrected chi connectivity index (χ0v) is 9.85. The van der Waals surface area contributed by atoms with Crippen molar-refractivity contribution in [1.82, 2.24) is 0 Å². The van der Waals surface area contributed by atoms with Crippen LogP contribution in [0.1, 0.15) is 51.4 Å². The highest BCUT2D eigenvalue weighted by Crippen LogP contribution is 2.16. The topological polar surface area (TPSA) is 63.3 Å². The summed E-state index contributed by atoms with van der Waals surface area (Å²) < 4.78 is 10.3. The van der Waals surface area contributed by atoms with Crippen LogP contribution in [0.4, 0.5) is 0 Å². The summed E-state index contributed by atoms with van der Waals surface area (Å²) in [5.41, 5.74) is 5.39. The molecule has 84 valence electrons. The van der Waals surface area contributed by atoms with Crippen molar-refractivity contribution < 1.29 is 9.46 Å². The standard InChI is InChI=1S/C10H22NO2P/c11-9-7-5-3-1-2-4-6-8-10-14(12)13/h1-11H2/p+1. The Morgan fingerprint density at radius 1 is 0.857 bits per heavy atom. The summed E-state index contributed by atoms with van der Waals surface area (Å²) in [6.07, 6.45) is 9.88. The van der Waals surface area contributed by atoms with Crippen LogP contribution < -0.4 is 5.73 Å². The molecular weight excluding hydrogens is 197 g/mol.